The first-order valence-corrected chi connectivity index (χ1v) is 15.4. The fraction of sp³-hybridized carbons (Fsp3) is 0.324. The molecule has 0 amide bonds. The molecule has 2 heterocycles. The quantitative estimate of drug-likeness (QED) is 0.0804. The van der Waals surface area contributed by atoms with Crippen LogP contribution in [-0.4, -0.2) is 54.2 Å². The number of nitrogens with zero attached hydrogens (tertiary/aromatic N) is 6. The molecule has 270 valence electrons. The van der Waals surface area contributed by atoms with Crippen LogP contribution in [0.3, 0.4) is 0 Å². The van der Waals surface area contributed by atoms with Gasteiger partial charge in [0.25, 0.3) is 6.33 Å². The normalized spacial score (nSPS) is 13.6. The maximum Gasteiger partial charge on any atom is 0.350 e. The molecule has 17 heteroatoms. The van der Waals surface area contributed by atoms with Crippen LogP contribution < -0.4 is 19.7 Å². The molecule has 51 heavy (non-hydrogen) atoms. The Morgan fingerprint density at radius 1 is 1.02 bits per heavy atom. The Labute approximate surface area is 286 Å². The zero-order chi connectivity index (χ0) is 37.2. The number of ether oxygens (including phenoxy) is 2. The molecule has 2 unspecified atom stereocenters. The summed E-state index contributed by atoms with van der Waals surface area (Å²) in [5, 5.41) is 20.6. The van der Waals surface area contributed by atoms with Crippen LogP contribution >= 0.6 is 0 Å². The maximum atomic E-state index is 15.3. The summed E-state index contributed by atoms with van der Waals surface area (Å²) >= 11 is 0. The van der Waals surface area contributed by atoms with Crippen LogP contribution in [0.15, 0.2) is 78.4 Å². The van der Waals surface area contributed by atoms with Crippen LogP contribution in [0.1, 0.15) is 42.1 Å². The highest BCUT2D eigenvalue weighted by molar-refractivity contribution is 5.70. The third-order valence-electron chi connectivity index (χ3n) is 8.18. The number of hydrogen-bond donors (Lipinski definition) is 1. The lowest BCUT2D eigenvalue weighted by Crippen LogP contribution is -2.44. The summed E-state index contributed by atoms with van der Waals surface area (Å²) in [6.45, 7) is 4.68. The highest BCUT2D eigenvalue weighted by Gasteiger charge is 2.44. The van der Waals surface area contributed by atoms with E-state index in [1.54, 1.807) is 24.7 Å². The lowest BCUT2D eigenvalue weighted by Gasteiger charge is -2.32. The van der Waals surface area contributed by atoms with E-state index in [-0.39, 0.29) is 17.0 Å². The number of carbonyl (C=O) groups excluding carboxylic acids is 1. The summed E-state index contributed by atoms with van der Waals surface area (Å²) in [5.41, 5.74) is -0.853. The molecule has 2 aromatic heterocycles. The number of rotatable bonds is 13. The maximum absolute atomic E-state index is 15.3. The molecule has 2 atom stereocenters. The van der Waals surface area contributed by atoms with Gasteiger partial charge in [0.1, 0.15) is 41.6 Å². The number of aliphatic hydroxyl groups is 1. The molecule has 5 rings (SSSR count). The van der Waals surface area contributed by atoms with E-state index in [0.717, 1.165) is 44.4 Å². The molecule has 5 aromatic rings. The molecule has 0 aliphatic carbocycles. The van der Waals surface area contributed by atoms with Crippen LogP contribution in [0.4, 0.5) is 26.3 Å². The molecule has 0 spiro atoms. The lowest BCUT2D eigenvalue weighted by molar-refractivity contribution is -0.689. The number of aromatic nitrogens is 6. The van der Waals surface area contributed by atoms with Gasteiger partial charge in [-0.2, -0.15) is 13.9 Å². The fourth-order valence-corrected chi connectivity index (χ4v) is 5.61. The minimum Gasteiger partial charge on any atom is -0.487 e. The topological polar surface area (TPSA) is 117 Å². The van der Waals surface area contributed by atoms with Gasteiger partial charge in [0.15, 0.2) is 6.61 Å². The SMILES string of the molecule is CC(=O)Oc1c(C)cc(C[n+]2cnn(CC(O)(c3ccc(F)cc3F)C(C)n3ncn(-c4ccc(OCC(F)(F)C(F)F)cc4)c3=O)c2)cc1C. The smallest absolute Gasteiger partial charge is 0.350 e. The van der Waals surface area contributed by atoms with Gasteiger partial charge in [-0.3, -0.25) is 4.79 Å². The predicted molar refractivity (Wildman–Crippen MR) is 168 cm³/mol. The van der Waals surface area contributed by atoms with Crippen molar-refractivity contribution in [3.05, 3.63) is 118 Å². The first kappa shape index (κ1) is 36.8. The van der Waals surface area contributed by atoms with Crippen molar-refractivity contribution >= 4 is 5.97 Å². The van der Waals surface area contributed by atoms with Gasteiger partial charge in [-0.25, -0.2) is 36.2 Å². The van der Waals surface area contributed by atoms with Gasteiger partial charge in [-0.15, -0.1) is 4.68 Å². The molecule has 11 nitrogen and oxygen atoms in total. The molecule has 0 aliphatic rings. The van der Waals surface area contributed by atoms with E-state index in [9.17, 15) is 36.6 Å². The van der Waals surface area contributed by atoms with Crippen molar-refractivity contribution in [2.75, 3.05) is 6.61 Å². The Morgan fingerprint density at radius 2 is 1.69 bits per heavy atom. The van der Waals surface area contributed by atoms with E-state index < -0.39 is 60.4 Å². The third-order valence-corrected chi connectivity index (χ3v) is 8.18. The Kier molecular flexibility index (Phi) is 10.4. The molecule has 3 aromatic carbocycles. The Morgan fingerprint density at radius 3 is 2.29 bits per heavy atom. The van der Waals surface area contributed by atoms with Crippen molar-refractivity contribution in [1.29, 1.82) is 0 Å². The third kappa shape index (κ3) is 7.98. The van der Waals surface area contributed by atoms with Crippen molar-refractivity contribution < 1.29 is 50.3 Å². The van der Waals surface area contributed by atoms with E-state index in [1.807, 2.05) is 12.1 Å². The summed E-state index contributed by atoms with van der Waals surface area (Å²) in [7, 11) is 0. The molecule has 0 radical (unpaired) electrons. The van der Waals surface area contributed by atoms with Crippen molar-refractivity contribution in [2.24, 2.45) is 0 Å². The number of halogens is 6. The van der Waals surface area contributed by atoms with Crippen LogP contribution in [0.25, 0.3) is 5.69 Å². The zero-order valence-corrected chi connectivity index (χ0v) is 27.7. The highest BCUT2D eigenvalue weighted by atomic mass is 19.3. The van der Waals surface area contributed by atoms with Gasteiger partial charge >= 0.3 is 24.0 Å². The zero-order valence-electron chi connectivity index (χ0n) is 27.7. The molecule has 0 fully saturated rings. The van der Waals surface area contributed by atoms with Crippen molar-refractivity contribution in [2.45, 2.75) is 64.8 Å². The summed E-state index contributed by atoms with van der Waals surface area (Å²) in [6.07, 6.45) is 0.220. The highest BCUT2D eigenvalue weighted by Crippen LogP contribution is 2.36. The average molecular weight is 720 g/mol. The summed E-state index contributed by atoms with van der Waals surface area (Å²) < 4.78 is 95.7. The first-order chi connectivity index (χ1) is 24.0. The van der Waals surface area contributed by atoms with Crippen LogP contribution in [0.5, 0.6) is 11.5 Å². The number of benzene rings is 3. The van der Waals surface area contributed by atoms with E-state index in [1.165, 1.54) is 49.1 Å². The van der Waals surface area contributed by atoms with Gasteiger partial charge in [0.2, 0.25) is 6.33 Å². The summed E-state index contributed by atoms with van der Waals surface area (Å²) in [5.74, 6) is -6.47. The molecule has 1 N–H and O–H groups in total. The predicted octanol–water partition coefficient (Wildman–Crippen LogP) is 4.81. The Hall–Kier alpha value is -5.45. The summed E-state index contributed by atoms with van der Waals surface area (Å²) in [6, 6.07) is 10.0. The second kappa shape index (κ2) is 14.4. The Bertz CT molecular complexity index is 2070. The van der Waals surface area contributed by atoms with E-state index in [2.05, 4.69) is 10.2 Å². The number of alkyl halides is 4. The molecular formula is C34H33F6N6O5+. The van der Waals surface area contributed by atoms with Gasteiger partial charge in [-0.05, 0) is 79.9 Å². The van der Waals surface area contributed by atoms with Gasteiger partial charge in [0, 0.05) is 23.7 Å². The van der Waals surface area contributed by atoms with Crippen LogP contribution in [0.2, 0.25) is 0 Å². The van der Waals surface area contributed by atoms with Crippen molar-refractivity contribution in [1.82, 2.24) is 24.1 Å². The van der Waals surface area contributed by atoms with Gasteiger partial charge in [0.05, 0.1) is 18.3 Å². The van der Waals surface area contributed by atoms with E-state index >= 15 is 4.39 Å². The number of esters is 1. The monoisotopic (exact) mass is 719 g/mol. The van der Waals surface area contributed by atoms with Crippen LogP contribution in [-0.2, 0) is 23.5 Å². The van der Waals surface area contributed by atoms with Crippen molar-refractivity contribution in [3.63, 3.8) is 0 Å². The number of carbonyl (C=O) groups is 1. The fourth-order valence-electron chi connectivity index (χ4n) is 5.61. The number of hydrogen-bond acceptors (Lipinski definition) is 7. The standard InChI is InChI=1S/C34H33F6N6O5/c1-20-11-24(12-21(2)30(20)51-23(4)47)14-43-17-41-44(19-43)15-33(49,28-10-5-25(35)13-29(28)36)22(3)46-32(48)45(18-42-46)26-6-8-27(9-7-26)50-16-34(39,40)31(37)38/h5-13,17-19,22,31,49H,14-16H2,1-4H3/q+1. The van der Waals surface area contributed by atoms with E-state index in [0.29, 0.717) is 18.4 Å². The molecule has 0 bridgehead atoms. The minimum absolute atomic E-state index is 0.158. The molecule has 0 aliphatic heterocycles. The Balaban J connectivity index is 1.42. The number of aryl methyl sites for hydroxylation is 2. The van der Waals surface area contributed by atoms with Gasteiger partial charge < -0.3 is 14.6 Å². The second-order valence-electron chi connectivity index (χ2n) is 12.1. The molecule has 0 saturated carbocycles. The first-order valence-electron chi connectivity index (χ1n) is 15.4. The molecule has 0 saturated heterocycles. The lowest BCUT2D eigenvalue weighted by atomic mass is 9.86. The van der Waals surface area contributed by atoms with E-state index in [4.69, 9.17) is 9.47 Å². The van der Waals surface area contributed by atoms with Crippen LogP contribution in [0, 0.1) is 25.5 Å². The minimum atomic E-state index is -4.36. The molecular weight excluding hydrogens is 686 g/mol. The second-order valence-corrected chi connectivity index (χ2v) is 12.1. The van der Waals surface area contributed by atoms with Crippen molar-refractivity contribution in [3.8, 4) is 17.2 Å². The largest absolute Gasteiger partial charge is 0.487 e. The van der Waals surface area contributed by atoms with Gasteiger partial charge in [-0.1, -0.05) is 6.07 Å². The average Bonchev–Trinajstić information content (AvgIpc) is 3.66. The summed E-state index contributed by atoms with van der Waals surface area (Å²) in [4.78, 5) is 25.1.